The summed E-state index contributed by atoms with van der Waals surface area (Å²) in [5, 5.41) is 5.97. The van der Waals surface area contributed by atoms with Crippen molar-refractivity contribution in [2.24, 2.45) is 5.73 Å². The van der Waals surface area contributed by atoms with Crippen molar-refractivity contribution >= 4 is 17.8 Å². The van der Waals surface area contributed by atoms with Gasteiger partial charge in [-0.2, -0.15) is 15.0 Å². The Morgan fingerprint density at radius 3 is 2.58 bits per heavy atom. The van der Waals surface area contributed by atoms with Crippen LogP contribution in [-0.2, 0) is 4.79 Å². The molecule has 4 N–H and O–H groups in total. The zero-order chi connectivity index (χ0) is 14.3. The predicted octanol–water partition coefficient (Wildman–Crippen LogP) is 0.378. The zero-order valence-corrected chi connectivity index (χ0v) is 11.4. The summed E-state index contributed by atoms with van der Waals surface area (Å²) in [4.78, 5) is 23.2. The number of hydrogen-bond acceptors (Lipinski definition) is 7. The molecule has 106 valence electrons. The van der Waals surface area contributed by atoms with E-state index in [9.17, 15) is 4.79 Å². The van der Waals surface area contributed by atoms with E-state index >= 15 is 0 Å². The molecule has 1 amide bonds. The van der Waals surface area contributed by atoms with E-state index in [1.165, 1.54) is 0 Å². The van der Waals surface area contributed by atoms with Gasteiger partial charge in [-0.15, -0.1) is 0 Å². The molecule has 0 spiro atoms. The molecule has 1 rings (SSSR count). The van der Waals surface area contributed by atoms with Gasteiger partial charge in [-0.3, -0.25) is 4.79 Å². The summed E-state index contributed by atoms with van der Waals surface area (Å²) in [5.41, 5.74) is 5.13. The molecule has 0 bridgehead atoms. The second kappa shape index (κ2) is 7.34. The highest BCUT2D eigenvalue weighted by Crippen LogP contribution is 2.12. The predicted molar refractivity (Wildman–Crippen MR) is 72.1 cm³/mol. The molecule has 8 heteroatoms. The van der Waals surface area contributed by atoms with Crippen LogP contribution in [0, 0.1) is 0 Å². The molecule has 0 aliphatic carbocycles. The van der Waals surface area contributed by atoms with Gasteiger partial charge in [0.25, 0.3) is 0 Å². The standard InChI is InChI=1S/C11H20N6O2/c1-4-13-9-15-10(14-7(3)6-8(12)18)17-11(16-9)19-5-2/h7H,4-6H2,1-3H3,(H2,12,18)(H2,13,14,15,16,17). The number of nitrogens with one attached hydrogen (secondary N) is 2. The maximum absolute atomic E-state index is 10.8. The first-order valence-electron chi connectivity index (χ1n) is 6.22. The first-order valence-corrected chi connectivity index (χ1v) is 6.22. The lowest BCUT2D eigenvalue weighted by molar-refractivity contribution is -0.118. The van der Waals surface area contributed by atoms with Gasteiger partial charge in [0.1, 0.15) is 0 Å². The Kier molecular flexibility index (Phi) is 5.77. The number of nitrogens with zero attached hydrogens (tertiary/aromatic N) is 3. The van der Waals surface area contributed by atoms with Gasteiger partial charge in [0, 0.05) is 19.0 Å². The maximum Gasteiger partial charge on any atom is 0.323 e. The minimum absolute atomic E-state index is 0.163. The Morgan fingerprint density at radius 2 is 2.00 bits per heavy atom. The van der Waals surface area contributed by atoms with Crippen molar-refractivity contribution in [2.45, 2.75) is 33.2 Å². The van der Waals surface area contributed by atoms with Crippen LogP contribution in [-0.4, -0.2) is 40.1 Å². The van der Waals surface area contributed by atoms with Crippen molar-refractivity contribution in [3.63, 3.8) is 0 Å². The van der Waals surface area contributed by atoms with E-state index in [0.29, 0.717) is 25.0 Å². The largest absolute Gasteiger partial charge is 0.464 e. The molecule has 8 nitrogen and oxygen atoms in total. The summed E-state index contributed by atoms with van der Waals surface area (Å²) in [6, 6.07) is 0.0751. The highest BCUT2D eigenvalue weighted by Gasteiger charge is 2.11. The number of amides is 1. The van der Waals surface area contributed by atoms with Crippen LogP contribution in [0.15, 0.2) is 0 Å². The Bertz CT molecular complexity index is 401. The Labute approximate surface area is 112 Å². The van der Waals surface area contributed by atoms with E-state index in [0.717, 1.165) is 0 Å². The fourth-order valence-corrected chi connectivity index (χ4v) is 1.43. The van der Waals surface area contributed by atoms with Crippen LogP contribution in [0.25, 0.3) is 0 Å². The number of carbonyl (C=O) groups is 1. The van der Waals surface area contributed by atoms with Crippen LogP contribution in [0.5, 0.6) is 6.01 Å². The third-order valence-corrected chi connectivity index (χ3v) is 2.11. The van der Waals surface area contributed by atoms with Crippen LogP contribution in [0.1, 0.15) is 27.2 Å². The summed E-state index contributed by atoms with van der Waals surface area (Å²) in [7, 11) is 0. The van der Waals surface area contributed by atoms with E-state index in [2.05, 4.69) is 25.6 Å². The number of primary amides is 1. The van der Waals surface area contributed by atoms with E-state index in [4.69, 9.17) is 10.5 Å². The second-order valence-corrected chi connectivity index (χ2v) is 3.94. The summed E-state index contributed by atoms with van der Waals surface area (Å²) in [6.07, 6.45) is 0.201. The van der Waals surface area contributed by atoms with Crippen LogP contribution in [0.2, 0.25) is 0 Å². The number of nitrogens with two attached hydrogens (primary N) is 1. The molecular weight excluding hydrogens is 248 g/mol. The minimum Gasteiger partial charge on any atom is -0.464 e. The fraction of sp³-hybridized carbons (Fsp3) is 0.636. The molecule has 0 saturated carbocycles. The van der Waals surface area contributed by atoms with Gasteiger partial charge in [0.05, 0.1) is 6.61 Å². The molecule has 0 aliphatic rings. The molecule has 1 heterocycles. The van der Waals surface area contributed by atoms with E-state index in [-0.39, 0.29) is 24.4 Å². The fourth-order valence-electron chi connectivity index (χ4n) is 1.43. The lowest BCUT2D eigenvalue weighted by atomic mass is 10.2. The van der Waals surface area contributed by atoms with E-state index < -0.39 is 0 Å². The second-order valence-electron chi connectivity index (χ2n) is 3.94. The number of rotatable bonds is 8. The first kappa shape index (κ1) is 14.9. The van der Waals surface area contributed by atoms with Gasteiger partial charge in [-0.1, -0.05) is 0 Å². The molecule has 0 aromatic carbocycles. The highest BCUT2D eigenvalue weighted by atomic mass is 16.5. The van der Waals surface area contributed by atoms with Crippen LogP contribution in [0.3, 0.4) is 0 Å². The molecule has 1 aromatic heterocycles. The van der Waals surface area contributed by atoms with Crippen molar-refractivity contribution < 1.29 is 9.53 Å². The summed E-state index contributed by atoms with van der Waals surface area (Å²) < 4.78 is 5.26. The van der Waals surface area contributed by atoms with Crippen molar-refractivity contribution in [1.29, 1.82) is 0 Å². The lowest BCUT2D eigenvalue weighted by Crippen LogP contribution is -2.25. The van der Waals surface area contributed by atoms with E-state index in [1.54, 1.807) is 0 Å². The average molecular weight is 268 g/mol. The summed E-state index contributed by atoms with van der Waals surface area (Å²) in [6.45, 7) is 6.76. The summed E-state index contributed by atoms with van der Waals surface area (Å²) in [5.74, 6) is 0.392. The van der Waals surface area contributed by atoms with Gasteiger partial charge >= 0.3 is 6.01 Å². The van der Waals surface area contributed by atoms with Crippen LogP contribution >= 0.6 is 0 Å². The minimum atomic E-state index is -0.383. The van der Waals surface area contributed by atoms with Gasteiger partial charge in [-0.05, 0) is 20.8 Å². The number of ether oxygens (including phenoxy) is 1. The Hall–Kier alpha value is -2.12. The first-order chi connectivity index (χ1) is 9.05. The molecule has 0 saturated heterocycles. The van der Waals surface area contributed by atoms with Gasteiger partial charge in [0.15, 0.2) is 0 Å². The van der Waals surface area contributed by atoms with Crippen molar-refractivity contribution in [2.75, 3.05) is 23.8 Å². The quantitative estimate of drug-likeness (QED) is 0.624. The number of carbonyl (C=O) groups excluding carboxylic acids is 1. The topological polar surface area (TPSA) is 115 Å². The van der Waals surface area contributed by atoms with Crippen molar-refractivity contribution in [1.82, 2.24) is 15.0 Å². The molecular formula is C11H20N6O2. The molecule has 1 unspecified atom stereocenters. The molecule has 1 atom stereocenters. The third-order valence-electron chi connectivity index (χ3n) is 2.11. The highest BCUT2D eigenvalue weighted by molar-refractivity contribution is 5.74. The lowest BCUT2D eigenvalue weighted by Gasteiger charge is -2.13. The zero-order valence-electron chi connectivity index (χ0n) is 11.4. The molecule has 1 aromatic rings. The number of aromatic nitrogens is 3. The monoisotopic (exact) mass is 268 g/mol. The SMILES string of the molecule is CCNc1nc(NC(C)CC(N)=O)nc(OCC)n1. The number of anilines is 2. The smallest absolute Gasteiger partial charge is 0.323 e. The Morgan fingerprint density at radius 1 is 1.32 bits per heavy atom. The van der Waals surface area contributed by atoms with Crippen LogP contribution in [0.4, 0.5) is 11.9 Å². The van der Waals surface area contributed by atoms with Crippen molar-refractivity contribution in [3.8, 4) is 6.01 Å². The van der Waals surface area contributed by atoms with Gasteiger partial charge < -0.3 is 21.1 Å². The van der Waals surface area contributed by atoms with Crippen LogP contribution < -0.4 is 21.1 Å². The average Bonchev–Trinajstić information content (AvgIpc) is 2.28. The van der Waals surface area contributed by atoms with Gasteiger partial charge in [0.2, 0.25) is 17.8 Å². The maximum atomic E-state index is 10.8. The molecule has 0 aliphatic heterocycles. The van der Waals surface area contributed by atoms with E-state index in [1.807, 2.05) is 20.8 Å². The molecule has 0 fully saturated rings. The molecule has 19 heavy (non-hydrogen) atoms. The van der Waals surface area contributed by atoms with Crippen molar-refractivity contribution in [3.05, 3.63) is 0 Å². The number of hydrogen-bond donors (Lipinski definition) is 3. The third kappa shape index (κ3) is 5.36. The summed E-state index contributed by atoms with van der Waals surface area (Å²) >= 11 is 0. The Balaban J connectivity index is 2.82. The van der Waals surface area contributed by atoms with Gasteiger partial charge in [-0.25, -0.2) is 0 Å². The normalized spacial score (nSPS) is 11.7. The molecule has 0 radical (unpaired) electrons.